The number of fused-ring (bicyclic) bond motifs is 6. The fourth-order valence-electron chi connectivity index (χ4n) is 6.17. The van der Waals surface area contributed by atoms with Crippen molar-refractivity contribution in [3.05, 3.63) is 140 Å². The first-order valence-electron chi connectivity index (χ1n) is 14.5. The maximum Gasteiger partial charge on any atom is 0.167 e. The Kier molecular flexibility index (Phi) is 5.64. The van der Waals surface area contributed by atoms with E-state index in [-0.39, 0.29) is 0 Å². The molecule has 0 saturated heterocycles. The Morgan fingerprint density at radius 1 is 0.409 bits per heavy atom. The molecule has 9 rings (SSSR count). The molecule has 206 valence electrons. The summed E-state index contributed by atoms with van der Waals surface area (Å²) in [5, 5.41) is 4.48. The molecule has 44 heavy (non-hydrogen) atoms. The summed E-state index contributed by atoms with van der Waals surface area (Å²) in [5.74, 6) is 1.83. The van der Waals surface area contributed by atoms with Gasteiger partial charge in [0.15, 0.2) is 17.5 Å². The molecule has 0 amide bonds. The van der Waals surface area contributed by atoms with Crippen LogP contribution in [0.4, 0.5) is 0 Å². The van der Waals surface area contributed by atoms with E-state index >= 15 is 0 Å². The van der Waals surface area contributed by atoms with Crippen molar-refractivity contribution in [1.29, 1.82) is 0 Å². The van der Waals surface area contributed by atoms with Gasteiger partial charge in [-0.3, -0.25) is 0 Å². The third-order valence-electron chi connectivity index (χ3n) is 8.18. The van der Waals surface area contributed by atoms with Crippen molar-refractivity contribution in [2.75, 3.05) is 0 Å². The summed E-state index contributed by atoms with van der Waals surface area (Å²) in [6.45, 7) is 0. The predicted octanol–water partition coefficient (Wildman–Crippen LogP) is 10.8. The Morgan fingerprint density at radius 2 is 0.977 bits per heavy atom. The molecule has 0 radical (unpaired) electrons. The predicted molar refractivity (Wildman–Crippen MR) is 182 cm³/mol. The third kappa shape index (κ3) is 3.94. The van der Waals surface area contributed by atoms with Crippen molar-refractivity contribution >= 4 is 53.4 Å². The SMILES string of the molecule is c1ccc(-c2ccccc2-c2nc(-c3cccc4c3oc3ccccc34)nc(-c3cccc4sc5ccccc5c34)n2)cc1. The van der Waals surface area contributed by atoms with Crippen LogP contribution in [0.2, 0.25) is 0 Å². The van der Waals surface area contributed by atoms with E-state index in [1.54, 1.807) is 11.3 Å². The number of thiophene rings is 1. The van der Waals surface area contributed by atoms with Crippen LogP contribution in [0.25, 0.3) is 87.4 Å². The second-order valence-electron chi connectivity index (χ2n) is 10.8. The molecule has 5 heteroatoms. The van der Waals surface area contributed by atoms with Gasteiger partial charge in [0.25, 0.3) is 0 Å². The number of hydrogen-bond acceptors (Lipinski definition) is 5. The van der Waals surface area contributed by atoms with Crippen LogP contribution >= 0.6 is 11.3 Å². The lowest BCUT2D eigenvalue weighted by Crippen LogP contribution is -2.01. The highest BCUT2D eigenvalue weighted by Crippen LogP contribution is 2.41. The largest absolute Gasteiger partial charge is 0.455 e. The van der Waals surface area contributed by atoms with Crippen molar-refractivity contribution in [1.82, 2.24) is 15.0 Å². The molecule has 0 spiro atoms. The molecule has 0 fully saturated rings. The van der Waals surface area contributed by atoms with Gasteiger partial charge in [-0.15, -0.1) is 11.3 Å². The van der Waals surface area contributed by atoms with Crippen molar-refractivity contribution in [3.63, 3.8) is 0 Å². The molecule has 9 aromatic rings. The monoisotopic (exact) mass is 581 g/mol. The lowest BCUT2D eigenvalue weighted by atomic mass is 9.99. The first-order chi connectivity index (χ1) is 21.8. The fraction of sp³-hybridized carbons (Fsp3) is 0. The van der Waals surface area contributed by atoms with Gasteiger partial charge in [0.05, 0.1) is 5.56 Å². The van der Waals surface area contributed by atoms with Crippen LogP contribution in [-0.2, 0) is 0 Å². The second kappa shape index (κ2) is 9.97. The molecule has 0 aliphatic carbocycles. The molecule has 0 unspecified atom stereocenters. The second-order valence-corrected chi connectivity index (χ2v) is 11.9. The van der Waals surface area contributed by atoms with Crippen LogP contribution in [0.3, 0.4) is 0 Å². The minimum Gasteiger partial charge on any atom is -0.455 e. The summed E-state index contributed by atoms with van der Waals surface area (Å²) in [6.07, 6.45) is 0. The van der Waals surface area contributed by atoms with Gasteiger partial charge in [-0.25, -0.2) is 15.0 Å². The molecule has 3 aromatic heterocycles. The highest BCUT2D eigenvalue weighted by atomic mass is 32.1. The Morgan fingerprint density at radius 3 is 1.84 bits per heavy atom. The van der Waals surface area contributed by atoms with Gasteiger partial charge in [-0.1, -0.05) is 115 Å². The molecular formula is C39H23N3OS. The number of rotatable bonds is 4. The van der Waals surface area contributed by atoms with Gasteiger partial charge >= 0.3 is 0 Å². The van der Waals surface area contributed by atoms with Crippen LogP contribution in [0.1, 0.15) is 0 Å². The van der Waals surface area contributed by atoms with Crippen LogP contribution in [-0.4, -0.2) is 15.0 Å². The fourth-order valence-corrected chi connectivity index (χ4v) is 7.30. The Balaban J connectivity index is 1.36. The van der Waals surface area contributed by atoms with E-state index in [0.717, 1.165) is 55.1 Å². The lowest BCUT2D eigenvalue weighted by Gasteiger charge is -2.12. The van der Waals surface area contributed by atoms with E-state index in [9.17, 15) is 0 Å². The van der Waals surface area contributed by atoms with Gasteiger partial charge in [0.2, 0.25) is 0 Å². The molecule has 0 N–H and O–H groups in total. The summed E-state index contributed by atoms with van der Waals surface area (Å²) in [6, 6.07) is 47.9. The topological polar surface area (TPSA) is 51.8 Å². The average Bonchev–Trinajstić information content (AvgIpc) is 3.67. The zero-order valence-electron chi connectivity index (χ0n) is 23.4. The highest BCUT2D eigenvalue weighted by Gasteiger charge is 2.20. The van der Waals surface area contributed by atoms with E-state index in [1.165, 1.54) is 14.8 Å². The standard InChI is InChI=1S/C39H23N3OS/c1-2-12-24(13-3-1)25-14-4-5-16-28(25)37-40-38(30-19-11-23-34-35(30)29-17-7-9-22-33(29)44-34)42-39(41-37)31-20-10-18-27-26-15-6-8-21-32(26)43-36(27)31/h1-23H. The molecule has 0 aliphatic rings. The Hall–Kier alpha value is -5.65. The van der Waals surface area contributed by atoms with E-state index in [1.807, 2.05) is 42.5 Å². The van der Waals surface area contributed by atoms with Crippen molar-refractivity contribution in [3.8, 4) is 45.3 Å². The minimum atomic E-state index is 0.578. The first kappa shape index (κ1) is 24.9. The quantitative estimate of drug-likeness (QED) is 0.207. The van der Waals surface area contributed by atoms with Crippen LogP contribution in [0.15, 0.2) is 144 Å². The van der Waals surface area contributed by atoms with Crippen molar-refractivity contribution < 1.29 is 4.42 Å². The third-order valence-corrected chi connectivity index (χ3v) is 9.31. The maximum absolute atomic E-state index is 6.44. The number of para-hydroxylation sites is 2. The molecule has 0 atom stereocenters. The molecule has 6 aromatic carbocycles. The molecule has 0 bridgehead atoms. The Bertz CT molecular complexity index is 2510. The van der Waals surface area contributed by atoms with E-state index in [4.69, 9.17) is 19.4 Å². The normalized spacial score (nSPS) is 11.6. The summed E-state index contributed by atoms with van der Waals surface area (Å²) in [5.41, 5.74) is 6.56. The zero-order chi connectivity index (χ0) is 29.0. The van der Waals surface area contributed by atoms with E-state index in [2.05, 4.69) is 97.1 Å². The number of aromatic nitrogens is 3. The lowest BCUT2D eigenvalue weighted by molar-refractivity contribution is 0.669. The van der Waals surface area contributed by atoms with Gasteiger partial charge in [-0.05, 0) is 35.4 Å². The van der Waals surface area contributed by atoms with Crippen molar-refractivity contribution in [2.24, 2.45) is 0 Å². The van der Waals surface area contributed by atoms with Crippen LogP contribution in [0, 0.1) is 0 Å². The van der Waals surface area contributed by atoms with Gasteiger partial charge in [-0.2, -0.15) is 0 Å². The summed E-state index contributed by atoms with van der Waals surface area (Å²) in [7, 11) is 0. The number of furan rings is 1. The van der Waals surface area contributed by atoms with Crippen LogP contribution in [0.5, 0.6) is 0 Å². The summed E-state index contributed by atoms with van der Waals surface area (Å²) < 4.78 is 8.89. The van der Waals surface area contributed by atoms with Gasteiger partial charge < -0.3 is 4.42 Å². The summed E-state index contributed by atoms with van der Waals surface area (Å²) >= 11 is 1.79. The number of nitrogens with zero attached hydrogens (tertiary/aromatic N) is 3. The molecule has 0 saturated carbocycles. The smallest absolute Gasteiger partial charge is 0.167 e. The zero-order valence-corrected chi connectivity index (χ0v) is 24.3. The average molecular weight is 582 g/mol. The minimum absolute atomic E-state index is 0.578. The molecule has 4 nitrogen and oxygen atoms in total. The van der Waals surface area contributed by atoms with Crippen molar-refractivity contribution in [2.45, 2.75) is 0 Å². The van der Waals surface area contributed by atoms with Crippen LogP contribution < -0.4 is 0 Å². The highest BCUT2D eigenvalue weighted by molar-refractivity contribution is 7.25. The van der Waals surface area contributed by atoms with E-state index in [0.29, 0.717) is 17.5 Å². The maximum atomic E-state index is 6.44. The van der Waals surface area contributed by atoms with E-state index < -0.39 is 0 Å². The van der Waals surface area contributed by atoms with Gasteiger partial charge in [0.1, 0.15) is 11.2 Å². The molecule has 0 aliphatic heterocycles. The Labute approximate surface area is 256 Å². The number of hydrogen-bond donors (Lipinski definition) is 0. The number of benzene rings is 6. The first-order valence-corrected chi connectivity index (χ1v) is 15.4. The van der Waals surface area contributed by atoms with Gasteiger partial charge in [0, 0.05) is 42.1 Å². The molecular weight excluding hydrogens is 559 g/mol. The molecule has 3 heterocycles. The summed E-state index contributed by atoms with van der Waals surface area (Å²) in [4.78, 5) is 15.5.